The lowest BCUT2D eigenvalue weighted by atomic mass is 10.0. The lowest BCUT2D eigenvalue weighted by molar-refractivity contribution is 0.0703. The minimum Gasteiger partial charge on any atom is -0.452 e. The molecule has 0 saturated carbocycles. The molecular weight excluding hydrogens is 416 g/mol. The number of allylic oxidation sites excluding steroid dienone is 1. The number of ether oxygens (including phenoxy) is 2. The van der Waals surface area contributed by atoms with Gasteiger partial charge in [0.1, 0.15) is 17.1 Å². The predicted molar refractivity (Wildman–Crippen MR) is 117 cm³/mol. The van der Waals surface area contributed by atoms with Gasteiger partial charge in [0.25, 0.3) is 0 Å². The number of benzene rings is 3. The standard InChI is InChI=1S/C25H15ClO5/c1-14-10-17(29-25(28)22-12-16-7-3-5-9-19(16)30-22)13-20-23(14)24(27)21(31-20)11-15-6-2-4-8-18(15)26/h2-13H,1H3/b21-11-. The Kier molecular flexibility index (Phi) is 4.60. The van der Waals surface area contributed by atoms with Crippen LogP contribution in [0.25, 0.3) is 17.0 Å². The van der Waals surface area contributed by atoms with Crippen molar-refractivity contribution in [2.24, 2.45) is 0 Å². The number of carbonyl (C=O) groups excluding carboxylic acids is 2. The first-order valence-corrected chi connectivity index (χ1v) is 9.91. The quantitative estimate of drug-likeness (QED) is 0.219. The lowest BCUT2D eigenvalue weighted by Gasteiger charge is -2.06. The van der Waals surface area contributed by atoms with Crippen LogP contribution >= 0.6 is 11.6 Å². The Labute approximate surface area is 182 Å². The second kappa shape index (κ2) is 7.45. The van der Waals surface area contributed by atoms with Crippen molar-refractivity contribution >= 4 is 40.4 Å². The summed E-state index contributed by atoms with van der Waals surface area (Å²) in [7, 11) is 0. The molecule has 1 aromatic heterocycles. The van der Waals surface area contributed by atoms with Gasteiger partial charge in [-0.1, -0.05) is 48.0 Å². The second-order valence-corrected chi connectivity index (χ2v) is 7.52. The average Bonchev–Trinajstić information content (AvgIpc) is 3.31. The van der Waals surface area contributed by atoms with Crippen molar-refractivity contribution in [3.8, 4) is 11.5 Å². The summed E-state index contributed by atoms with van der Waals surface area (Å²) in [4.78, 5) is 25.4. The molecule has 2 heterocycles. The van der Waals surface area contributed by atoms with Gasteiger partial charge in [0, 0.05) is 16.5 Å². The molecule has 1 aliphatic heterocycles. The maximum atomic E-state index is 12.8. The number of furan rings is 1. The van der Waals surface area contributed by atoms with Gasteiger partial charge in [0.15, 0.2) is 5.76 Å². The van der Waals surface area contributed by atoms with Gasteiger partial charge < -0.3 is 13.9 Å². The number of halogens is 1. The molecular formula is C25H15ClO5. The highest BCUT2D eigenvalue weighted by Gasteiger charge is 2.30. The summed E-state index contributed by atoms with van der Waals surface area (Å²) in [6.07, 6.45) is 1.60. The molecule has 5 nitrogen and oxygen atoms in total. The van der Waals surface area contributed by atoms with E-state index in [4.69, 9.17) is 25.5 Å². The molecule has 31 heavy (non-hydrogen) atoms. The maximum Gasteiger partial charge on any atom is 0.379 e. The molecule has 0 unspecified atom stereocenters. The van der Waals surface area contributed by atoms with E-state index in [0.29, 0.717) is 33.0 Å². The first-order chi connectivity index (χ1) is 15.0. The van der Waals surface area contributed by atoms with Gasteiger partial charge in [-0.15, -0.1) is 0 Å². The van der Waals surface area contributed by atoms with Crippen molar-refractivity contribution in [2.45, 2.75) is 6.92 Å². The summed E-state index contributed by atoms with van der Waals surface area (Å²) in [6.45, 7) is 1.76. The second-order valence-electron chi connectivity index (χ2n) is 7.11. The van der Waals surface area contributed by atoms with Crippen LogP contribution in [-0.2, 0) is 0 Å². The van der Waals surface area contributed by atoms with Crippen LogP contribution in [0.5, 0.6) is 11.5 Å². The molecule has 6 heteroatoms. The zero-order valence-electron chi connectivity index (χ0n) is 16.3. The Morgan fingerprint density at radius 2 is 1.81 bits per heavy atom. The Bertz CT molecular complexity index is 1360. The predicted octanol–water partition coefficient (Wildman–Crippen LogP) is 6.23. The SMILES string of the molecule is Cc1cc(OC(=O)c2cc3ccccc3o2)cc2c1C(=O)/C(=C/c1ccccc1Cl)O2. The zero-order valence-corrected chi connectivity index (χ0v) is 17.1. The van der Waals surface area contributed by atoms with Gasteiger partial charge in [-0.3, -0.25) is 4.79 Å². The summed E-state index contributed by atoms with van der Waals surface area (Å²) in [5, 5.41) is 1.32. The highest BCUT2D eigenvalue weighted by molar-refractivity contribution is 6.32. The van der Waals surface area contributed by atoms with Crippen LogP contribution in [0, 0.1) is 6.92 Å². The molecule has 1 aliphatic rings. The number of hydrogen-bond acceptors (Lipinski definition) is 5. The van der Waals surface area contributed by atoms with Gasteiger partial charge in [0.05, 0.1) is 5.56 Å². The van der Waals surface area contributed by atoms with Crippen molar-refractivity contribution < 1.29 is 23.5 Å². The van der Waals surface area contributed by atoms with Crippen LogP contribution in [0.4, 0.5) is 0 Å². The minimum atomic E-state index is -0.633. The molecule has 0 fully saturated rings. The van der Waals surface area contributed by atoms with Crippen molar-refractivity contribution in [2.75, 3.05) is 0 Å². The van der Waals surface area contributed by atoms with E-state index in [2.05, 4.69) is 0 Å². The number of ketones is 1. The highest BCUT2D eigenvalue weighted by Crippen LogP contribution is 2.38. The largest absolute Gasteiger partial charge is 0.452 e. The first kappa shape index (κ1) is 19.2. The van der Waals surface area contributed by atoms with E-state index in [1.54, 1.807) is 43.3 Å². The van der Waals surface area contributed by atoms with Gasteiger partial charge in [-0.25, -0.2) is 4.79 Å². The van der Waals surface area contributed by atoms with Gasteiger partial charge in [-0.2, -0.15) is 0 Å². The number of hydrogen-bond donors (Lipinski definition) is 0. The van der Waals surface area contributed by atoms with E-state index in [1.807, 2.05) is 30.3 Å². The number of Topliss-reactive ketones (excluding diaryl/α,β-unsaturated/α-hetero) is 1. The molecule has 0 amide bonds. The third-order valence-electron chi connectivity index (χ3n) is 4.97. The smallest absolute Gasteiger partial charge is 0.379 e. The summed E-state index contributed by atoms with van der Waals surface area (Å²) in [5.74, 6) is -0.0406. The fraction of sp³-hybridized carbons (Fsp3) is 0.0400. The minimum absolute atomic E-state index is 0.0932. The molecule has 0 N–H and O–H groups in total. The van der Waals surface area contributed by atoms with E-state index in [-0.39, 0.29) is 23.1 Å². The van der Waals surface area contributed by atoms with E-state index in [9.17, 15) is 9.59 Å². The molecule has 0 radical (unpaired) electrons. The molecule has 0 atom stereocenters. The van der Waals surface area contributed by atoms with Crippen LogP contribution in [0.2, 0.25) is 5.02 Å². The monoisotopic (exact) mass is 430 g/mol. The van der Waals surface area contributed by atoms with Crippen LogP contribution in [-0.4, -0.2) is 11.8 Å². The van der Waals surface area contributed by atoms with E-state index < -0.39 is 5.97 Å². The molecule has 152 valence electrons. The van der Waals surface area contributed by atoms with E-state index >= 15 is 0 Å². The molecule has 0 spiro atoms. The van der Waals surface area contributed by atoms with E-state index in [1.165, 1.54) is 6.07 Å². The zero-order chi connectivity index (χ0) is 21.5. The van der Waals surface area contributed by atoms with Crippen molar-refractivity contribution in [1.29, 1.82) is 0 Å². The van der Waals surface area contributed by atoms with Crippen LogP contribution < -0.4 is 9.47 Å². The number of carbonyl (C=O) groups is 2. The van der Waals surface area contributed by atoms with Crippen LogP contribution in [0.1, 0.15) is 32.0 Å². The maximum absolute atomic E-state index is 12.8. The molecule has 4 aromatic rings. The van der Waals surface area contributed by atoms with Crippen LogP contribution in [0.15, 0.2) is 76.9 Å². The summed E-state index contributed by atoms with van der Waals surface area (Å²) < 4.78 is 16.8. The Morgan fingerprint density at radius 3 is 2.61 bits per heavy atom. The van der Waals surface area contributed by atoms with Crippen molar-refractivity contribution in [3.05, 3.63) is 100.0 Å². The Hall–Kier alpha value is -3.83. The summed E-state index contributed by atoms with van der Waals surface area (Å²) in [6, 6.07) is 19.2. The third kappa shape index (κ3) is 3.49. The topological polar surface area (TPSA) is 65.7 Å². The molecule has 0 saturated heterocycles. The summed E-state index contributed by atoms with van der Waals surface area (Å²) >= 11 is 6.19. The fourth-order valence-corrected chi connectivity index (χ4v) is 3.70. The third-order valence-corrected chi connectivity index (χ3v) is 5.32. The molecule has 0 bridgehead atoms. The lowest BCUT2D eigenvalue weighted by Crippen LogP contribution is -2.07. The normalized spacial score (nSPS) is 14.0. The molecule has 0 aliphatic carbocycles. The van der Waals surface area contributed by atoms with Gasteiger partial charge >= 0.3 is 5.97 Å². The number of rotatable bonds is 3. The number of para-hydroxylation sites is 1. The Balaban J connectivity index is 1.43. The Morgan fingerprint density at radius 1 is 1.03 bits per heavy atom. The number of aryl methyl sites for hydroxylation is 1. The fourth-order valence-electron chi connectivity index (χ4n) is 3.51. The first-order valence-electron chi connectivity index (χ1n) is 9.54. The molecule has 5 rings (SSSR count). The van der Waals surface area contributed by atoms with Crippen LogP contribution in [0.3, 0.4) is 0 Å². The van der Waals surface area contributed by atoms with Crippen molar-refractivity contribution in [1.82, 2.24) is 0 Å². The highest BCUT2D eigenvalue weighted by atomic mass is 35.5. The number of fused-ring (bicyclic) bond motifs is 2. The van der Waals surface area contributed by atoms with Gasteiger partial charge in [0.2, 0.25) is 11.5 Å². The summed E-state index contributed by atoms with van der Waals surface area (Å²) in [5.41, 5.74) is 2.34. The number of esters is 1. The average molecular weight is 431 g/mol. The van der Waals surface area contributed by atoms with Crippen molar-refractivity contribution in [3.63, 3.8) is 0 Å². The van der Waals surface area contributed by atoms with E-state index in [0.717, 1.165) is 5.39 Å². The molecule has 3 aromatic carbocycles. The van der Waals surface area contributed by atoms with Gasteiger partial charge in [-0.05, 0) is 48.4 Å².